The molecule has 0 amide bonds. The molecule has 2 heterocycles. The van der Waals surface area contributed by atoms with Gasteiger partial charge < -0.3 is 20.4 Å². The third kappa shape index (κ3) is 5.26. The molecule has 1 unspecified atom stereocenters. The minimum Gasteiger partial charge on any atom is -0.508 e. The van der Waals surface area contributed by atoms with Gasteiger partial charge in [0.15, 0.2) is 0 Å². The Bertz CT molecular complexity index is 1180. The van der Waals surface area contributed by atoms with E-state index in [0.29, 0.717) is 11.7 Å². The Morgan fingerprint density at radius 3 is 2.30 bits per heavy atom. The van der Waals surface area contributed by atoms with E-state index in [4.69, 9.17) is 0 Å². The summed E-state index contributed by atoms with van der Waals surface area (Å²) in [5, 5.41) is 24.8. The van der Waals surface area contributed by atoms with Crippen LogP contribution < -0.4 is 10.2 Å². The molecule has 6 rings (SSSR count). The Hall–Kier alpha value is -2.86. The smallest absolute Gasteiger partial charge is 0.115 e. The fraction of sp³-hybridized carbons (Fsp3) is 0.438. The van der Waals surface area contributed by atoms with Crippen LogP contribution in [0.2, 0.25) is 0 Å². The molecule has 2 saturated heterocycles. The average Bonchev–Trinajstić information content (AvgIpc) is 2.94. The molecule has 2 atom stereocenters. The van der Waals surface area contributed by atoms with Gasteiger partial charge in [0, 0.05) is 57.4 Å². The molecule has 0 saturated carbocycles. The largest absolute Gasteiger partial charge is 0.508 e. The number of anilines is 1. The van der Waals surface area contributed by atoms with E-state index in [1.165, 1.54) is 27.9 Å². The SMILES string of the molecule is Oc1ccc2c(c1)CCC(c1ccccc1)[C@@H]2c1ccc(N2CCC(O)(CN3CCNCC3)CC2)cc1. The van der Waals surface area contributed by atoms with Gasteiger partial charge in [-0.1, -0.05) is 48.5 Å². The maximum Gasteiger partial charge on any atom is 0.115 e. The monoisotopic (exact) mass is 497 g/mol. The van der Waals surface area contributed by atoms with Crippen LogP contribution in [0.5, 0.6) is 5.75 Å². The quantitative estimate of drug-likeness (QED) is 0.485. The summed E-state index contributed by atoms with van der Waals surface area (Å²) in [7, 11) is 0. The molecule has 3 aliphatic rings. The first kappa shape index (κ1) is 24.5. The molecule has 5 heteroatoms. The number of piperazine rings is 1. The fourth-order valence-corrected chi connectivity index (χ4v) is 6.79. The molecule has 2 aliphatic heterocycles. The lowest BCUT2D eigenvalue weighted by Crippen LogP contribution is -2.54. The van der Waals surface area contributed by atoms with Gasteiger partial charge in [-0.3, -0.25) is 4.90 Å². The Morgan fingerprint density at radius 1 is 0.838 bits per heavy atom. The van der Waals surface area contributed by atoms with Crippen molar-refractivity contribution in [2.75, 3.05) is 50.7 Å². The first-order chi connectivity index (χ1) is 18.1. The van der Waals surface area contributed by atoms with E-state index in [1.54, 1.807) is 0 Å². The van der Waals surface area contributed by atoms with E-state index >= 15 is 0 Å². The number of aliphatic hydroxyl groups is 1. The summed E-state index contributed by atoms with van der Waals surface area (Å²) in [6.45, 7) is 6.67. The second-order valence-electron chi connectivity index (χ2n) is 11.2. The third-order valence-corrected chi connectivity index (χ3v) is 8.86. The Kier molecular flexibility index (Phi) is 6.94. The van der Waals surface area contributed by atoms with Crippen LogP contribution in [-0.2, 0) is 6.42 Å². The molecule has 0 radical (unpaired) electrons. The maximum atomic E-state index is 11.2. The van der Waals surface area contributed by atoms with Crippen LogP contribution in [-0.4, -0.2) is 66.5 Å². The number of phenolic OH excluding ortho intramolecular Hbond substituents is 1. The second-order valence-corrected chi connectivity index (χ2v) is 11.2. The molecule has 0 bridgehead atoms. The molecule has 3 N–H and O–H groups in total. The van der Waals surface area contributed by atoms with Crippen molar-refractivity contribution < 1.29 is 10.2 Å². The van der Waals surface area contributed by atoms with Crippen LogP contribution in [0, 0.1) is 0 Å². The number of aromatic hydroxyl groups is 1. The number of hydrogen-bond donors (Lipinski definition) is 3. The minimum atomic E-state index is -0.575. The van der Waals surface area contributed by atoms with E-state index in [0.717, 1.165) is 71.5 Å². The van der Waals surface area contributed by atoms with Crippen LogP contribution in [0.1, 0.15) is 53.4 Å². The van der Waals surface area contributed by atoms with Gasteiger partial charge in [-0.15, -0.1) is 0 Å². The van der Waals surface area contributed by atoms with Crippen LogP contribution in [0.4, 0.5) is 5.69 Å². The summed E-state index contributed by atoms with van der Waals surface area (Å²) in [4.78, 5) is 4.84. The summed E-state index contributed by atoms with van der Waals surface area (Å²) in [6, 6.07) is 25.9. The molecule has 3 aromatic carbocycles. The van der Waals surface area contributed by atoms with Gasteiger partial charge in [-0.2, -0.15) is 0 Å². The lowest BCUT2D eigenvalue weighted by Gasteiger charge is -2.42. The van der Waals surface area contributed by atoms with Crippen molar-refractivity contribution in [2.24, 2.45) is 0 Å². The van der Waals surface area contributed by atoms with Crippen LogP contribution in [0.15, 0.2) is 72.8 Å². The van der Waals surface area contributed by atoms with E-state index in [9.17, 15) is 10.2 Å². The van der Waals surface area contributed by atoms with Crippen molar-refractivity contribution in [3.63, 3.8) is 0 Å². The highest BCUT2D eigenvalue weighted by atomic mass is 16.3. The number of nitrogens with one attached hydrogen (secondary N) is 1. The molecule has 0 spiro atoms. The van der Waals surface area contributed by atoms with Gasteiger partial charge in [-0.05, 0) is 78.1 Å². The molecule has 2 fully saturated rings. The summed E-state index contributed by atoms with van der Waals surface area (Å²) in [6.07, 6.45) is 3.69. The first-order valence-corrected chi connectivity index (χ1v) is 14.0. The van der Waals surface area contributed by atoms with Crippen LogP contribution >= 0.6 is 0 Å². The summed E-state index contributed by atoms with van der Waals surface area (Å²) >= 11 is 0. The highest BCUT2D eigenvalue weighted by molar-refractivity contribution is 5.52. The predicted molar refractivity (Wildman–Crippen MR) is 150 cm³/mol. The van der Waals surface area contributed by atoms with Crippen molar-refractivity contribution in [1.29, 1.82) is 0 Å². The maximum absolute atomic E-state index is 11.2. The van der Waals surface area contributed by atoms with Gasteiger partial charge in [-0.25, -0.2) is 0 Å². The second kappa shape index (κ2) is 10.5. The number of fused-ring (bicyclic) bond motifs is 1. The summed E-state index contributed by atoms with van der Waals surface area (Å²) < 4.78 is 0. The van der Waals surface area contributed by atoms with E-state index in [2.05, 4.69) is 75.8 Å². The Labute approximate surface area is 220 Å². The molecule has 3 aromatic rings. The number of aryl methyl sites for hydroxylation is 1. The molecule has 0 aromatic heterocycles. The number of rotatable bonds is 5. The van der Waals surface area contributed by atoms with Gasteiger partial charge in [0.2, 0.25) is 0 Å². The zero-order valence-corrected chi connectivity index (χ0v) is 21.6. The zero-order chi connectivity index (χ0) is 25.2. The van der Waals surface area contributed by atoms with Gasteiger partial charge in [0.25, 0.3) is 0 Å². The average molecular weight is 498 g/mol. The topological polar surface area (TPSA) is 59.0 Å². The highest BCUT2D eigenvalue weighted by Crippen LogP contribution is 2.47. The van der Waals surface area contributed by atoms with Gasteiger partial charge in [0.05, 0.1) is 5.60 Å². The molecule has 5 nitrogen and oxygen atoms in total. The lowest BCUT2D eigenvalue weighted by atomic mass is 9.69. The van der Waals surface area contributed by atoms with Gasteiger partial charge >= 0.3 is 0 Å². The zero-order valence-electron chi connectivity index (χ0n) is 21.6. The van der Waals surface area contributed by atoms with E-state index < -0.39 is 5.60 Å². The molecule has 194 valence electrons. The third-order valence-electron chi connectivity index (χ3n) is 8.86. The summed E-state index contributed by atoms with van der Waals surface area (Å²) in [5.74, 6) is 1.04. The van der Waals surface area contributed by atoms with E-state index in [-0.39, 0.29) is 5.92 Å². The lowest BCUT2D eigenvalue weighted by molar-refractivity contribution is -0.0186. The number of benzene rings is 3. The van der Waals surface area contributed by atoms with Gasteiger partial charge in [0.1, 0.15) is 5.75 Å². The number of nitrogens with zero attached hydrogens (tertiary/aromatic N) is 2. The van der Waals surface area contributed by atoms with Crippen molar-refractivity contribution in [3.05, 3.63) is 95.1 Å². The number of β-amino-alcohol motifs (C(OH)–C–C–N with tert-alkyl or cyclic N) is 1. The van der Waals surface area contributed by atoms with Crippen LogP contribution in [0.25, 0.3) is 0 Å². The normalized spacial score (nSPS) is 24.0. The first-order valence-electron chi connectivity index (χ1n) is 14.0. The van der Waals surface area contributed by atoms with Crippen molar-refractivity contribution >= 4 is 5.69 Å². The number of hydrogen-bond acceptors (Lipinski definition) is 5. The number of piperidine rings is 1. The fourth-order valence-electron chi connectivity index (χ4n) is 6.79. The standard InChI is InChI=1S/C32H39N3O2/c36-28-11-13-30-26(22-28)8-12-29(24-4-2-1-3-5-24)31(30)25-6-9-27(10-7-25)35-18-14-32(37,15-19-35)23-34-20-16-33-17-21-34/h1-7,9-11,13,22,29,31,33,36-37H,8,12,14-21,23H2/t29?,31-/m0/s1. The molecular weight excluding hydrogens is 458 g/mol. The molecular formula is C32H39N3O2. The summed E-state index contributed by atoms with van der Waals surface area (Å²) in [5.41, 5.74) is 5.98. The van der Waals surface area contributed by atoms with Crippen molar-refractivity contribution in [2.45, 2.75) is 43.1 Å². The van der Waals surface area contributed by atoms with Crippen LogP contribution in [0.3, 0.4) is 0 Å². The number of phenols is 1. The van der Waals surface area contributed by atoms with Crippen molar-refractivity contribution in [1.82, 2.24) is 10.2 Å². The Balaban J connectivity index is 1.20. The highest BCUT2D eigenvalue weighted by Gasteiger charge is 2.35. The van der Waals surface area contributed by atoms with Crippen molar-refractivity contribution in [3.8, 4) is 5.75 Å². The van der Waals surface area contributed by atoms with E-state index in [1.807, 2.05) is 12.1 Å². The Morgan fingerprint density at radius 2 is 1.57 bits per heavy atom. The molecule has 1 aliphatic carbocycles. The predicted octanol–water partition coefficient (Wildman–Crippen LogP) is 4.49. The molecule has 37 heavy (non-hydrogen) atoms. The minimum absolute atomic E-state index is 0.270.